The maximum atomic E-state index is 12.4. The lowest BCUT2D eigenvalue weighted by Gasteiger charge is -2.37. The van der Waals surface area contributed by atoms with Crippen LogP contribution in [0, 0.1) is 6.92 Å². The van der Waals surface area contributed by atoms with Gasteiger partial charge in [0.1, 0.15) is 6.04 Å². The second-order valence-corrected chi connectivity index (χ2v) is 5.52. The zero-order chi connectivity index (χ0) is 16.3. The number of β-amino-alcohol motifs (C(OH)–C–C–N with tert-alkyl or cyclic N) is 1. The van der Waals surface area contributed by atoms with Crippen LogP contribution in [-0.2, 0) is 4.79 Å². The van der Waals surface area contributed by atoms with Crippen LogP contribution in [0.25, 0.3) is 0 Å². The summed E-state index contributed by atoms with van der Waals surface area (Å²) >= 11 is 0. The third-order valence-electron chi connectivity index (χ3n) is 3.71. The number of nitrogens with zero attached hydrogens (tertiary/aromatic N) is 1. The van der Waals surface area contributed by atoms with Crippen LogP contribution in [0.1, 0.15) is 23.6 Å². The first-order valence-corrected chi connectivity index (χ1v) is 7.10. The molecular formula is C15H19F3N2O2. The molecule has 2 unspecified atom stereocenters. The van der Waals surface area contributed by atoms with Gasteiger partial charge >= 0.3 is 6.18 Å². The van der Waals surface area contributed by atoms with Gasteiger partial charge in [0, 0.05) is 19.6 Å². The normalized spacial score (nSPS) is 21.5. The largest absolute Gasteiger partial charge is 0.391 e. The van der Waals surface area contributed by atoms with Crippen LogP contribution in [0.3, 0.4) is 0 Å². The summed E-state index contributed by atoms with van der Waals surface area (Å²) in [7, 11) is 0. The molecule has 0 radical (unpaired) electrons. The van der Waals surface area contributed by atoms with Crippen molar-refractivity contribution < 1.29 is 23.1 Å². The highest BCUT2D eigenvalue weighted by Crippen LogP contribution is 2.28. The van der Waals surface area contributed by atoms with Gasteiger partial charge in [0.2, 0.25) is 5.91 Å². The van der Waals surface area contributed by atoms with Gasteiger partial charge in [-0.2, -0.15) is 13.2 Å². The van der Waals surface area contributed by atoms with Crippen molar-refractivity contribution >= 4 is 5.91 Å². The number of piperazine rings is 1. The summed E-state index contributed by atoms with van der Waals surface area (Å²) in [4.78, 5) is 13.8. The van der Waals surface area contributed by atoms with E-state index in [1.54, 1.807) is 17.0 Å². The molecule has 22 heavy (non-hydrogen) atoms. The molecular weight excluding hydrogens is 297 g/mol. The van der Waals surface area contributed by atoms with Crippen LogP contribution in [0.4, 0.5) is 13.2 Å². The first-order chi connectivity index (χ1) is 10.3. The Morgan fingerprint density at radius 2 is 2.09 bits per heavy atom. The van der Waals surface area contributed by atoms with Crippen LogP contribution in [0.2, 0.25) is 0 Å². The number of amides is 1. The topological polar surface area (TPSA) is 52.6 Å². The summed E-state index contributed by atoms with van der Waals surface area (Å²) < 4.78 is 37.1. The van der Waals surface area contributed by atoms with Crippen molar-refractivity contribution in [2.24, 2.45) is 0 Å². The Kier molecular flexibility index (Phi) is 5.08. The average molecular weight is 316 g/mol. The minimum Gasteiger partial charge on any atom is -0.391 e. The number of aryl methyl sites for hydroxylation is 1. The Morgan fingerprint density at radius 1 is 1.41 bits per heavy atom. The second kappa shape index (κ2) is 6.66. The van der Waals surface area contributed by atoms with Crippen LogP contribution < -0.4 is 5.32 Å². The molecule has 7 heteroatoms. The number of rotatable bonds is 4. The number of carbonyl (C=O) groups excluding carboxylic acids is 1. The molecule has 1 amide bonds. The van der Waals surface area contributed by atoms with Crippen LogP contribution in [-0.4, -0.2) is 47.8 Å². The minimum atomic E-state index is -4.42. The van der Waals surface area contributed by atoms with E-state index in [9.17, 15) is 23.1 Å². The van der Waals surface area contributed by atoms with Gasteiger partial charge in [-0.25, -0.2) is 0 Å². The molecule has 2 atom stereocenters. The van der Waals surface area contributed by atoms with E-state index in [0.29, 0.717) is 13.1 Å². The highest BCUT2D eigenvalue weighted by atomic mass is 19.4. The number of carbonyl (C=O) groups is 1. The van der Waals surface area contributed by atoms with E-state index in [1.165, 1.54) is 0 Å². The summed E-state index contributed by atoms with van der Waals surface area (Å²) in [6.07, 6.45) is -7.24. The van der Waals surface area contributed by atoms with E-state index >= 15 is 0 Å². The number of nitrogens with one attached hydrogen (secondary N) is 1. The van der Waals surface area contributed by atoms with E-state index in [2.05, 4.69) is 5.32 Å². The lowest BCUT2D eigenvalue weighted by atomic mass is 9.97. The van der Waals surface area contributed by atoms with Gasteiger partial charge in [0.15, 0.2) is 0 Å². The van der Waals surface area contributed by atoms with Gasteiger partial charge in [0.25, 0.3) is 0 Å². The lowest BCUT2D eigenvalue weighted by molar-refractivity contribution is -0.156. The fraction of sp³-hybridized carbons (Fsp3) is 0.533. The molecule has 1 aliphatic heterocycles. The van der Waals surface area contributed by atoms with Gasteiger partial charge in [-0.15, -0.1) is 0 Å². The summed E-state index contributed by atoms with van der Waals surface area (Å²) in [5.74, 6) is -0.250. The predicted molar refractivity (Wildman–Crippen MR) is 75.2 cm³/mol. The van der Waals surface area contributed by atoms with Gasteiger partial charge in [0.05, 0.1) is 12.5 Å². The molecule has 0 bridgehead atoms. The van der Waals surface area contributed by atoms with E-state index in [0.717, 1.165) is 11.1 Å². The first kappa shape index (κ1) is 16.8. The number of halogens is 3. The summed E-state index contributed by atoms with van der Waals surface area (Å²) in [6, 6.07) is 6.59. The Balaban J connectivity index is 2.17. The Hall–Kier alpha value is -1.60. The summed E-state index contributed by atoms with van der Waals surface area (Å²) in [5.41, 5.74) is 1.64. The fourth-order valence-electron chi connectivity index (χ4n) is 2.74. The van der Waals surface area contributed by atoms with Gasteiger partial charge in [-0.05, 0) is 18.1 Å². The van der Waals surface area contributed by atoms with Crippen molar-refractivity contribution in [2.75, 3.05) is 19.6 Å². The van der Waals surface area contributed by atoms with Crippen molar-refractivity contribution in [2.45, 2.75) is 31.7 Å². The highest BCUT2D eigenvalue weighted by molar-refractivity contribution is 5.84. The highest BCUT2D eigenvalue weighted by Gasteiger charge is 2.36. The number of hydrogen-bond acceptors (Lipinski definition) is 3. The van der Waals surface area contributed by atoms with E-state index in [1.807, 2.05) is 19.1 Å². The van der Waals surface area contributed by atoms with E-state index in [4.69, 9.17) is 0 Å². The molecule has 1 heterocycles. The van der Waals surface area contributed by atoms with E-state index < -0.39 is 24.7 Å². The fourth-order valence-corrected chi connectivity index (χ4v) is 2.74. The Morgan fingerprint density at radius 3 is 2.73 bits per heavy atom. The zero-order valence-electron chi connectivity index (χ0n) is 12.2. The Labute approximate surface area is 126 Å². The molecule has 2 rings (SSSR count). The molecule has 1 aromatic carbocycles. The SMILES string of the molecule is Cc1ccccc1C1C(=O)NCCN1CC(O)CC(F)(F)F. The quantitative estimate of drug-likeness (QED) is 0.890. The molecule has 122 valence electrons. The third-order valence-corrected chi connectivity index (χ3v) is 3.71. The molecule has 1 fully saturated rings. The average Bonchev–Trinajstić information content (AvgIpc) is 2.38. The predicted octanol–water partition coefficient (Wildman–Crippen LogP) is 1.78. The third kappa shape index (κ3) is 4.20. The summed E-state index contributed by atoms with van der Waals surface area (Å²) in [5, 5.41) is 12.4. The standard InChI is InChI=1S/C15H19F3N2O2/c1-10-4-2-3-5-12(10)13-14(22)19-6-7-20(13)9-11(21)8-15(16,17)18/h2-5,11,13,21H,6-9H2,1H3,(H,19,22). The van der Waals surface area contributed by atoms with Crippen LogP contribution in [0.5, 0.6) is 0 Å². The summed E-state index contributed by atoms with van der Waals surface area (Å²) in [6.45, 7) is 2.42. The molecule has 1 aromatic rings. The van der Waals surface area contributed by atoms with Gasteiger partial charge in [-0.1, -0.05) is 24.3 Å². The second-order valence-electron chi connectivity index (χ2n) is 5.52. The molecule has 0 spiro atoms. The lowest BCUT2D eigenvalue weighted by Crippen LogP contribution is -2.52. The molecule has 4 nitrogen and oxygen atoms in total. The molecule has 1 aliphatic rings. The number of benzene rings is 1. The van der Waals surface area contributed by atoms with Gasteiger partial charge < -0.3 is 10.4 Å². The van der Waals surface area contributed by atoms with Crippen molar-refractivity contribution in [1.82, 2.24) is 10.2 Å². The molecule has 2 N–H and O–H groups in total. The molecule has 0 saturated carbocycles. The van der Waals surface area contributed by atoms with Crippen LogP contribution in [0.15, 0.2) is 24.3 Å². The number of hydrogen-bond donors (Lipinski definition) is 2. The van der Waals surface area contributed by atoms with Crippen LogP contribution >= 0.6 is 0 Å². The van der Waals surface area contributed by atoms with Crippen molar-refractivity contribution in [3.05, 3.63) is 35.4 Å². The Bertz CT molecular complexity index is 534. The van der Waals surface area contributed by atoms with E-state index in [-0.39, 0.29) is 12.5 Å². The van der Waals surface area contributed by atoms with Crippen molar-refractivity contribution in [1.29, 1.82) is 0 Å². The van der Waals surface area contributed by atoms with Gasteiger partial charge in [-0.3, -0.25) is 9.69 Å². The molecule has 1 saturated heterocycles. The smallest absolute Gasteiger partial charge is 0.391 e. The molecule has 0 aromatic heterocycles. The van der Waals surface area contributed by atoms with Crippen molar-refractivity contribution in [3.63, 3.8) is 0 Å². The van der Waals surface area contributed by atoms with Crippen molar-refractivity contribution in [3.8, 4) is 0 Å². The maximum absolute atomic E-state index is 12.4. The number of alkyl halides is 3. The first-order valence-electron chi connectivity index (χ1n) is 7.10. The minimum absolute atomic E-state index is 0.189. The number of aliphatic hydroxyl groups excluding tert-OH is 1. The monoisotopic (exact) mass is 316 g/mol. The number of aliphatic hydroxyl groups is 1. The molecule has 0 aliphatic carbocycles. The maximum Gasteiger partial charge on any atom is 0.391 e. The zero-order valence-corrected chi connectivity index (χ0v) is 12.2.